The van der Waals surface area contributed by atoms with Gasteiger partial charge in [-0.3, -0.25) is 24.0 Å². The van der Waals surface area contributed by atoms with Gasteiger partial charge in [0, 0.05) is 12.2 Å². The van der Waals surface area contributed by atoms with Gasteiger partial charge >= 0.3 is 11.9 Å². The van der Waals surface area contributed by atoms with Gasteiger partial charge in [-0.1, -0.05) is 20.3 Å². The number of thiol groups is 1. The lowest BCUT2D eigenvalue weighted by Crippen LogP contribution is -2.58. The molecule has 0 aromatic heterocycles. The summed E-state index contributed by atoms with van der Waals surface area (Å²) in [7, 11) is 0. The molecule has 0 aromatic rings. The van der Waals surface area contributed by atoms with E-state index in [9.17, 15) is 28.8 Å². The van der Waals surface area contributed by atoms with Crippen molar-refractivity contribution in [3.05, 3.63) is 0 Å². The predicted octanol–water partition coefficient (Wildman–Crippen LogP) is -2.43. The van der Waals surface area contributed by atoms with Gasteiger partial charge in [0.05, 0.1) is 12.5 Å². The summed E-state index contributed by atoms with van der Waals surface area (Å²) in [5.74, 6) is -6.59. The first-order valence-corrected chi connectivity index (χ1v) is 10.5. The monoisotopic (exact) mass is 477 g/mol. The molecule has 13 nitrogen and oxygen atoms in total. The summed E-state index contributed by atoms with van der Waals surface area (Å²) in [6.45, 7) is 3.60. The molecule has 0 saturated heterocycles. The zero-order chi connectivity index (χ0) is 25.0. The average Bonchev–Trinajstić information content (AvgIpc) is 2.71. The van der Waals surface area contributed by atoms with Gasteiger partial charge in [0.1, 0.15) is 18.1 Å². The number of rotatable bonds is 15. The highest BCUT2D eigenvalue weighted by Gasteiger charge is 2.31. The van der Waals surface area contributed by atoms with E-state index >= 15 is 0 Å². The van der Waals surface area contributed by atoms with Crippen LogP contribution in [0.3, 0.4) is 0 Å². The summed E-state index contributed by atoms with van der Waals surface area (Å²) < 4.78 is 0. The summed E-state index contributed by atoms with van der Waals surface area (Å²) >= 11 is 4.00. The first-order chi connectivity index (χ1) is 14.8. The molecule has 0 fully saturated rings. The number of amides is 4. The van der Waals surface area contributed by atoms with Crippen LogP contribution in [0.1, 0.15) is 39.5 Å². The van der Waals surface area contributed by atoms with Gasteiger partial charge in [0.15, 0.2) is 0 Å². The summed E-state index contributed by atoms with van der Waals surface area (Å²) in [4.78, 5) is 70.6. The first-order valence-electron chi connectivity index (χ1n) is 9.84. The maximum Gasteiger partial charge on any atom is 0.326 e. The van der Waals surface area contributed by atoms with Crippen LogP contribution in [-0.4, -0.2) is 75.7 Å². The Labute approximate surface area is 190 Å². The molecule has 0 radical (unpaired) electrons. The molecule has 0 spiro atoms. The Kier molecular flexibility index (Phi) is 13.0. The van der Waals surface area contributed by atoms with Crippen molar-refractivity contribution in [2.45, 2.75) is 63.7 Å². The Morgan fingerprint density at radius 2 is 1.41 bits per heavy atom. The zero-order valence-corrected chi connectivity index (χ0v) is 18.8. The number of carboxylic acids is 2. The third kappa shape index (κ3) is 10.4. The fraction of sp³-hybridized carbons (Fsp3) is 0.667. The fourth-order valence-electron chi connectivity index (χ4n) is 2.45. The predicted molar refractivity (Wildman–Crippen MR) is 115 cm³/mol. The van der Waals surface area contributed by atoms with Gasteiger partial charge in [-0.2, -0.15) is 12.6 Å². The molecule has 4 amide bonds. The van der Waals surface area contributed by atoms with Crippen molar-refractivity contribution < 1.29 is 39.0 Å². The molecule has 0 rings (SSSR count). The number of hydrogen-bond acceptors (Lipinski definition) is 8. The number of carbonyl (C=O) groups is 6. The van der Waals surface area contributed by atoms with Crippen LogP contribution in [0.5, 0.6) is 0 Å². The van der Waals surface area contributed by atoms with Gasteiger partial charge in [-0.05, 0) is 12.3 Å². The van der Waals surface area contributed by atoms with Crippen LogP contribution in [-0.2, 0) is 28.8 Å². The Bertz CT molecular complexity index is 719. The maximum absolute atomic E-state index is 12.6. The van der Waals surface area contributed by atoms with Gasteiger partial charge < -0.3 is 37.6 Å². The van der Waals surface area contributed by atoms with Crippen LogP contribution in [0.4, 0.5) is 0 Å². The molecule has 5 unspecified atom stereocenters. The number of nitrogens with one attached hydrogen (secondary N) is 3. The van der Waals surface area contributed by atoms with Crippen molar-refractivity contribution in [3.8, 4) is 0 Å². The van der Waals surface area contributed by atoms with Gasteiger partial charge in [-0.25, -0.2) is 4.79 Å². The average molecular weight is 478 g/mol. The SMILES string of the molecule is CCC(C)C(N)C(=O)NC(CS)C(=O)NC(CC(N)=O)C(=O)NC(CCC(=O)O)C(=O)O. The quantitative estimate of drug-likeness (QED) is 0.117. The van der Waals surface area contributed by atoms with Gasteiger partial charge in [-0.15, -0.1) is 0 Å². The number of carbonyl (C=O) groups excluding carboxylic acids is 4. The lowest BCUT2D eigenvalue weighted by Gasteiger charge is -2.25. The molecule has 5 atom stereocenters. The Hall–Kier alpha value is -2.87. The van der Waals surface area contributed by atoms with Crippen LogP contribution >= 0.6 is 12.6 Å². The van der Waals surface area contributed by atoms with Crippen molar-refractivity contribution in [1.29, 1.82) is 0 Å². The van der Waals surface area contributed by atoms with Crippen LogP contribution < -0.4 is 27.4 Å². The molecule has 0 aliphatic heterocycles. The third-order valence-corrected chi connectivity index (χ3v) is 5.04. The smallest absolute Gasteiger partial charge is 0.326 e. The minimum atomic E-state index is -1.57. The molecule has 0 saturated carbocycles. The third-order valence-electron chi connectivity index (χ3n) is 4.68. The largest absolute Gasteiger partial charge is 0.481 e. The highest BCUT2D eigenvalue weighted by molar-refractivity contribution is 7.80. The van der Waals surface area contributed by atoms with Crippen LogP contribution in [0.25, 0.3) is 0 Å². The fourth-order valence-corrected chi connectivity index (χ4v) is 2.71. The molecule has 0 aliphatic carbocycles. The minimum absolute atomic E-state index is 0.161. The minimum Gasteiger partial charge on any atom is -0.481 e. The van der Waals surface area contributed by atoms with Crippen molar-refractivity contribution in [3.63, 3.8) is 0 Å². The highest BCUT2D eigenvalue weighted by atomic mass is 32.1. The van der Waals surface area contributed by atoms with Crippen molar-refractivity contribution in [2.24, 2.45) is 17.4 Å². The topological polar surface area (TPSA) is 231 Å². The lowest BCUT2D eigenvalue weighted by atomic mass is 9.99. The summed E-state index contributed by atoms with van der Waals surface area (Å²) in [5, 5.41) is 24.6. The first kappa shape index (κ1) is 29.1. The molecule has 182 valence electrons. The van der Waals surface area contributed by atoms with Gasteiger partial charge in [0.2, 0.25) is 23.6 Å². The van der Waals surface area contributed by atoms with E-state index in [0.717, 1.165) is 0 Å². The Balaban J connectivity index is 5.33. The Morgan fingerprint density at radius 1 is 0.906 bits per heavy atom. The van der Waals surface area contributed by atoms with Crippen molar-refractivity contribution in [1.82, 2.24) is 16.0 Å². The second kappa shape index (κ2) is 14.2. The number of primary amides is 1. The molecule has 9 N–H and O–H groups in total. The molecule has 0 aliphatic rings. The van der Waals surface area contributed by atoms with Crippen molar-refractivity contribution >= 4 is 48.2 Å². The van der Waals surface area contributed by atoms with E-state index in [4.69, 9.17) is 21.7 Å². The van der Waals surface area contributed by atoms with Crippen LogP contribution in [0.15, 0.2) is 0 Å². The van der Waals surface area contributed by atoms with E-state index in [1.54, 1.807) is 6.92 Å². The number of carboxylic acid groups (broad SMARTS) is 2. The molecular weight excluding hydrogens is 446 g/mol. The van der Waals surface area contributed by atoms with Gasteiger partial charge in [0.25, 0.3) is 0 Å². The second-order valence-electron chi connectivity index (χ2n) is 7.22. The zero-order valence-electron chi connectivity index (χ0n) is 17.9. The molecule has 32 heavy (non-hydrogen) atoms. The van der Waals surface area contributed by atoms with E-state index in [-0.39, 0.29) is 11.7 Å². The normalized spacial score (nSPS) is 15.4. The van der Waals surface area contributed by atoms with E-state index in [1.807, 2.05) is 6.92 Å². The molecule has 0 bridgehead atoms. The van der Waals surface area contributed by atoms with E-state index in [0.29, 0.717) is 6.42 Å². The lowest BCUT2D eigenvalue weighted by molar-refractivity contribution is -0.143. The van der Waals surface area contributed by atoms with Crippen LogP contribution in [0, 0.1) is 5.92 Å². The maximum atomic E-state index is 12.6. The number of hydrogen-bond donors (Lipinski definition) is 8. The summed E-state index contributed by atoms with van der Waals surface area (Å²) in [6.07, 6.45) is -0.993. The van der Waals surface area contributed by atoms with Crippen molar-refractivity contribution in [2.75, 3.05) is 5.75 Å². The van der Waals surface area contributed by atoms with E-state index in [1.165, 1.54) is 0 Å². The summed E-state index contributed by atoms with van der Waals surface area (Å²) in [6, 6.07) is -5.22. The molecule has 0 aromatic carbocycles. The molecule has 0 heterocycles. The van der Waals surface area contributed by atoms with E-state index < -0.39 is 79.0 Å². The molecular formula is C18H31N5O8S. The van der Waals surface area contributed by atoms with Crippen LogP contribution in [0.2, 0.25) is 0 Å². The molecule has 14 heteroatoms. The Morgan fingerprint density at radius 3 is 1.84 bits per heavy atom. The summed E-state index contributed by atoms with van der Waals surface area (Å²) in [5.41, 5.74) is 10.9. The highest BCUT2D eigenvalue weighted by Crippen LogP contribution is 2.06. The van der Waals surface area contributed by atoms with E-state index in [2.05, 4.69) is 28.6 Å². The number of aliphatic carboxylic acids is 2. The second-order valence-corrected chi connectivity index (χ2v) is 7.58. The standard InChI is InChI=1S/C18H31N5O8S/c1-3-8(2)14(20)17(29)23-11(7-32)16(28)22-10(6-12(19)24)15(27)21-9(18(30)31)4-5-13(25)26/h8-11,14,32H,3-7,20H2,1-2H3,(H2,19,24)(H,21,27)(H,22,28)(H,23,29)(H,25,26)(H,30,31). The number of nitrogens with two attached hydrogens (primary N) is 2.